The van der Waals surface area contributed by atoms with E-state index in [1.54, 1.807) is 6.20 Å². The molecular formula is C13H20N2O2. The van der Waals surface area contributed by atoms with Gasteiger partial charge >= 0.3 is 0 Å². The first-order chi connectivity index (χ1) is 7.99. The molecule has 0 bridgehead atoms. The molecule has 2 N–H and O–H groups in total. The Kier molecular flexibility index (Phi) is 3.24. The van der Waals surface area contributed by atoms with Gasteiger partial charge in [0.2, 0.25) is 5.88 Å². The maximum atomic E-state index is 5.80. The first kappa shape index (κ1) is 12.2. The molecule has 1 aromatic rings. The summed E-state index contributed by atoms with van der Waals surface area (Å²) >= 11 is 0. The minimum atomic E-state index is -0.283. The summed E-state index contributed by atoms with van der Waals surface area (Å²) in [4.78, 5) is 4.24. The molecule has 4 heteroatoms. The van der Waals surface area contributed by atoms with E-state index in [0.29, 0.717) is 18.5 Å². The van der Waals surface area contributed by atoms with Crippen LogP contribution in [-0.2, 0) is 6.54 Å². The molecule has 94 valence electrons. The van der Waals surface area contributed by atoms with Gasteiger partial charge in [-0.1, -0.05) is 0 Å². The van der Waals surface area contributed by atoms with Crippen LogP contribution in [0.2, 0.25) is 0 Å². The van der Waals surface area contributed by atoms with Crippen molar-refractivity contribution in [3.63, 3.8) is 0 Å². The number of aromatic nitrogens is 1. The number of nitrogens with two attached hydrogens (primary N) is 1. The van der Waals surface area contributed by atoms with Crippen LogP contribution in [0.15, 0.2) is 12.3 Å². The lowest BCUT2D eigenvalue weighted by molar-refractivity contribution is 0.121. The van der Waals surface area contributed by atoms with Crippen molar-refractivity contribution in [1.29, 1.82) is 0 Å². The average Bonchev–Trinajstić information content (AvgIpc) is 2.99. The van der Waals surface area contributed by atoms with Gasteiger partial charge in [0.1, 0.15) is 11.4 Å². The number of ether oxygens (including phenoxy) is 2. The van der Waals surface area contributed by atoms with Gasteiger partial charge in [0, 0.05) is 12.7 Å². The number of hydrogen-bond donors (Lipinski definition) is 1. The first-order valence-electron chi connectivity index (χ1n) is 6.03. The summed E-state index contributed by atoms with van der Waals surface area (Å²) in [7, 11) is 0. The summed E-state index contributed by atoms with van der Waals surface area (Å²) in [6.07, 6.45) is 4.31. The van der Waals surface area contributed by atoms with Gasteiger partial charge in [-0.15, -0.1) is 0 Å². The molecule has 0 aromatic carbocycles. The largest absolute Gasteiger partial charge is 0.490 e. The minimum Gasteiger partial charge on any atom is -0.490 e. The Hall–Kier alpha value is -1.29. The number of pyridine rings is 1. The van der Waals surface area contributed by atoms with E-state index in [0.717, 1.165) is 24.2 Å². The maximum Gasteiger partial charge on any atom is 0.222 e. The third-order valence-electron chi connectivity index (χ3n) is 2.40. The highest BCUT2D eigenvalue weighted by molar-refractivity contribution is 5.40. The monoisotopic (exact) mass is 236 g/mol. The lowest BCUT2D eigenvalue weighted by Crippen LogP contribution is -2.25. The van der Waals surface area contributed by atoms with Crippen molar-refractivity contribution in [2.75, 3.05) is 0 Å². The van der Waals surface area contributed by atoms with Crippen molar-refractivity contribution in [2.24, 2.45) is 5.73 Å². The summed E-state index contributed by atoms with van der Waals surface area (Å²) < 4.78 is 11.6. The van der Waals surface area contributed by atoms with E-state index in [1.807, 2.05) is 26.8 Å². The minimum absolute atomic E-state index is 0.283. The SMILES string of the molecule is CC(C)(C)Oc1nccc(OC2CC2)c1CN. The molecule has 1 aliphatic carbocycles. The predicted octanol–water partition coefficient (Wildman–Crippen LogP) is 2.26. The summed E-state index contributed by atoms with van der Waals surface area (Å²) in [5.74, 6) is 1.39. The first-order valence-corrected chi connectivity index (χ1v) is 6.03. The summed E-state index contributed by atoms with van der Waals surface area (Å²) in [6, 6.07) is 1.86. The van der Waals surface area contributed by atoms with Crippen LogP contribution in [0.5, 0.6) is 11.6 Å². The van der Waals surface area contributed by atoms with Crippen LogP contribution in [0, 0.1) is 0 Å². The van der Waals surface area contributed by atoms with Crippen LogP contribution in [0.1, 0.15) is 39.2 Å². The summed E-state index contributed by atoms with van der Waals surface area (Å²) in [6.45, 7) is 6.34. The maximum absolute atomic E-state index is 5.80. The van der Waals surface area contributed by atoms with Crippen molar-refractivity contribution in [1.82, 2.24) is 4.98 Å². The van der Waals surface area contributed by atoms with Gasteiger partial charge in [0.15, 0.2) is 0 Å². The lowest BCUT2D eigenvalue weighted by Gasteiger charge is -2.22. The lowest BCUT2D eigenvalue weighted by atomic mass is 10.2. The Morgan fingerprint density at radius 2 is 2.12 bits per heavy atom. The quantitative estimate of drug-likeness (QED) is 0.871. The van der Waals surface area contributed by atoms with Crippen molar-refractivity contribution in [3.8, 4) is 11.6 Å². The molecule has 0 amide bonds. The molecule has 4 nitrogen and oxygen atoms in total. The van der Waals surface area contributed by atoms with E-state index >= 15 is 0 Å². The molecule has 17 heavy (non-hydrogen) atoms. The summed E-state index contributed by atoms with van der Waals surface area (Å²) in [5, 5.41) is 0. The smallest absolute Gasteiger partial charge is 0.222 e. The van der Waals surface area contributed by atoms with Gasteiger partial charge in [-0.05, 0) is 39.7 Å². The van der Waals surface area contributed by atoms with Gasteiger partial charge in [-0.25, -0.2) is 4.98 Å². The van der Waals surface area contributed by atoms with Gasteiger partial charge < -0.3 is 15.2 Å². The molecule has 0 saturated heterocycles. The molecule has 1 aromatic heterocycles. The number of rotatable bonds is 4. The van der Waals surface area contributed by atoms with Crippen molar-refractivity contribution < 1.29 is 9.47 Å². The zero-order chi connectivity index (χ0) is 12.5. The molecule has 0 spiro atoms. The van der Waals surface area contributed by atoms with Crippen LogP contribution in [-0.4, -0.2) is 16.7 Å². The second kappa shape index (κ2) is 4.53. The third-order valence-corrected chi connectivity index (χ3v) is 2.40. The Bertz CT molecular complexity index is 395. The fourth-order valence-electron chi connectivity index (χ4n) is 1.50. The number of nitrogens with zero attached hydrogens (tertiary/aromatic N) is 1. The molecule has 1 fully saturated rings. The molecule has 0 unspecified atom stereocenters. The van der Waals surface area contributed by atoms with Gasteiger partial charge in [-0.3, -0.25) is 0 Å². The van der Waals surface area contributed by atoms with E-state index in [1.165, 1.54) is 0 Å². The van der Waals surface area contributed by atoms with Crippen LogP contribution in [0.25, 0.3) is 0 Å². The van der Waals surface area contributed by atoms with Crippen molar-refractivity contribution in [2.45, 2.75) is 51.9 Å². The van der Waals surface area contributed by atoms with Crippen LogP contribution < -0.4 is 15.2 Å². The highest BCUT2D eigenvalue weighted by Crippen LogP contribution is 2.33. The second-order valence-corrected chi connectivity index (χ2v) is 5.33. The normalized spacial score (nSPS) is 15.8. The zero-order valence-corrected chi connectivity index (χ0v) is 10.7. The highest BCUT2D eigenvalue weighted by atomic mass is 16.5. The molecular weight excluding hydrogens is 216 g/mol. The average molecular weight is 236 g/mol. The number of hydrogen-bond acceptors (Lipinski definition) is 4. The van der Waals surface area contributed by atoms with Crippen LogP contribution in [0.4, 0.5) is 0 Å². The van der Waals surface area contributed by atoms with E-state index in [4.69, 9.17) is 15.2 Å². The van der Waals surface area contributed by atoms with Crippen LogP contribution in [0.3, 0.4) is 0 Å². The molecule has 1 heterocycles. The molecule has 0 aliphatic heterocycles. The third kappa shape index (κ3) is 3.33. The Morgan fingerprint density at radius 3 is 2.65 bits per heavy atom. The highest BCUT2D eigenvalue weighted by Gasteiger charge is 2.26. The molecule has 1 aliphatic rings. The predicted molar refractivity (Wildman–Crippen MR) is 66.2 cm³/mol. The van der Waals surface area contributed by atoms with E-state index in [9.17, 15) is 0 Å². The van der Waals surface area contributed by atoms with Crippen LogP contribution >= 0.6 is 0 Å². The Morgan fingerprint density at radius 1 is 1.41 bits per heavy atom. The fourth-order valence-corrected chi connectivity index (χ4v) is 1.50. The van der Waals surface area contributed by atoms with Gasteiger partial charge in [-0.2, -0.15) is 0 Å². The van der Waals surface area contributed by atoms with Crippen molar-refractivity contribution in [3.05, 3.63) is 17.8 Å². The fraction of sp³-hybridized carbons (Fsp3) is 0.615. The molecule has 0 radical (unpaired) electrons. The topological polar surface area (TPSA) is 57.4 Å². The second-order valence-electron chi connectivity index (χ2n) is 5.33. The van der Waals surface area contributed by atoms with E-state index in [-0.39, 0.29) is 5.60 Å². The van der Waals surface area contributed by atoms with Gasteiger partial charge in [0.05, 0.1) is 11.7 Å². The van der Waals surface area contributed by atoms with Gasteiger partial charge in [0.25, 0.3) is 0 Å². The summed E-state index contributed by atoms with van der Waals surface area (Å²) in [5.41, 5.74) is 6.34. The van der Waals surface area contributed by atoms with Crippen molar-refractivity contribution >= 4 is 0 Å². The molecule has 2 rings (SSSR count). The Balaban J connectivity index is 2.24. The molecule has 1 saturated carbocycles. The standard InChI is InChI=1S/C13H20N2O2/c1-13(2,3)17-12-10(8-14)11(6-7-15-12)16-9-4-5-9/h6-7,9H,4-5,8,14H2,1-3H3. The van der Waals surface area contributed by atoms with E-state index in [2.05, 4.69) is 4.98 Å². The molecule has 0 atom stereocenters. The zero-order valence-electron chi connectivity index (χ0n) is 10.7. The Labute approximate surface area is 102 Å². The van der Waals surface area contributed by atoms with E-state index < -0.39 is 0 Å².